The van der Waals surface area contributed by atoms with Gasteiger partial charge in [-0.25, -0.2) is 0 Å². The quantitative estimate of drug-likeness (QED) is 0.797. The zero-order valence-corrected chi connectivity index (χ0v) is 13.9. The number of aryl methyl sites for hydroxylation is 2. The number of nitrogens with one attached hydrogen (secondary N) is 1. The van der Waals surface area contributed by atoms with E-state index >= 15 is 0 Å². The van der Waals surface area contributed by atoms with Crippen LogP contribution >= 0.6 is 0 Å². The summed E-state index contributed by atoms with van der Waals surface area (Å²) >= 11 is 0. The smallest absolute Gasteiger partial charge is 0.251 e. The molecule has 1 amide bonds. The molecule has 2 rings (SSSR count). The molecule has 0 aliphatic heterocycles. The van der Waals surface area contributed by atoms with Gasteiger partial charge in [0.05, 0.1) is 14.2 Å². The maximum Gasteiger partial charge on any atom is 0.251 e. The summed E-state index contributed by atoms with van der Waals surface area (Å²) in [5.41, 5.74) is 3.13. The number of ether oxygens (including phenoxy) is 2. The second kappa shape index (κ2) is 8.22. The highest BCUT2D eigenvalue weighted by molar-refractivity contribution is 5.94. The monoisotopic (exact) mass is 313 g/mol. The van der Waals surface area contributed by atoms with E-state index < -0.39 is 0 Å². The number of rotatable bonds is 7. The van der Waals surface area contributed by atoms with E-state index in [1.807, 2.05) is 0 Å². The Kier molecular flexibility index (Phi) is 6.03. The fraction of sp³-hybridized carbons (Fsp3) is 0.316. The molecule has 0 aliphatic rings. The second-order valence-corrected chi connectivity index (χ2v) is 5.42. The van der Waals surface area contributed by atoms with Gasteiger partial charge in [0.25, 0.3) is 5.91 Å². The molecule has 2 aromatic rings. The minimum Gasteiger partial charge on any atom is -0.493 e. The highest BCUT2D eigenvalue weighted by Crippen LogP contribution is 2.27. The molecule has 122 valence electrons. The van der Waals surface area contributed by atoms with Crippen molar-refractivity contribution in [1.29, 1.82) is 0 Å². The lowest BCUT2D eigenvalue weighted by Crippen LogP contribution is -2.24. The third-order valence-corrected chi connectivity index (χ3v) is 3.66. The molecule has 0 bridgehead atoms. The lowest BCUT2D eigenvalue weighted by atomic mass is 10.1. The largest absolute Gasteiger partial charge is 0.493 e. The first kappa shape index (κ1) is 16.9. The van der Waals surface area contributed by atoms with Crippen molar-refractivity contribution in [3.05, 3.63) is 59.2 Å². The first-order valence-electron chi connectivity index (χ1n) is 7.70. The Morgan fingerprint density at radius 3 is 2.52 bits per heavy atom. The van der Waals surface area contributed by atoms with Crippen LogP contribution in [0.25, 0.3) is 0 Å². The van der Waals surface area contributed by atoms with Gasteiger partial charge in [-0.05, 0) is 43.5 Å². The standard InChI is InChI=1S/C19H23NO3/c1-14-6-4-7-15(12-14)8-5-11-20-19(21)16-9-10-17(22-2)18(13-16)23-3/h4,6-7,9-10,12-13H,5,8,11H2,1-3H3,(H,20,21). The zero-order valence-electron chi connectivity index (χ0n) is 13.9. The van der Waals surface area contributed by atoms with Gasteiger partial charge in [-0.1, -0.05) is 29.8 Å². The molecule has 0 spiro atoms. The van der Waals surface area contributed by atoms with E-state index in [9.17, 15) is 4.79 Å². The summed E-state index contributed by atoms with van der Waals surface area (Å²) in [4.78, 5) is 12.2. The first-order chi connectivity index (χ1) is 11.1. The third-order valence-electron chi connectivity index (χ3n) is 3.66. The van der Waals surface area contributed by atoms with Gasteiger partial charge in [-0.3, -0.25) is 4.79 Å². The van der Waals surface area contributed by atoms with Crippen LogP contribution in [-0.4, -0.2) is 26.7 Å². The highest BCUT2D eigenvalue weighted by Gasteiger charge is 2.10. The lowest BCUT2D eigenvalue weighted by Gasteiger charge is -2.10. The Morgan fingerprint density at radius 1 is 1.04 bits per heavy atom. The predicted octanol–water partition coefficient (Wildman–Crippen LogP) is 3.37. The highest BCUT2D eigenvalue weighted by atomic mass is 16.5. The van der Waals surface area contributed by atoms with Crippen LogP contribution in [0.2, 0.25) is 0 Å². The molecular formula is C19H23NO3. The van der Waals surface area contributed by atoms with Gasteiger partial charge in [0.1, 0.15) is 0 Å². The van der Waals surface area contributed by atoms with Crippen molar-refractivity contribution in [2.45, 2.75) is 19.8 Å². The van der Waals surface area contributed by atoms with Crippen molar-refractivity contribution in [3.8, 4) is 11.5 Å². The Labute approximate surface area is 137 Å². The van der Waals surface area contributed by atoms with Crippen LogP contribution in [0.5, 0.6) is 11.5 Å². The summed E-state index contributed by atoms with van der Waals surface area (Å²) in [6.07, 6.45) is 1.86. The van der Waals surface area contributed by atoms with Crippen molar-refractivity contribution in [2.24, 2.45) is 0 Å². The molecule has 0 saturated carbocycles. The third kappa shape index (κ3) is 4.74. The molecule has 1 N–H and O–H groups in total. The Hall–Kier alpha value is -2.49. The molecule has 2 aromatic carbocycles. The number of benzene rings is 2. The lowest BCUT2D eigenvalue weighted by molar-refractivity contribution is 0.0953. The average molecular weight is 313 g/mol. The van der Waals surface area contributed by atoms with Gasteiger partial charge < -0.3 is 14.8 Å². The summed E-state index contributed by atoms with van der Waals surface area (Å²) < 4.78 is 10.4. The molecule has 0 atom stereocenters. The van der Waals surface area contributed by atoms with Crippen molar-refractivity contribution >= 4 is 5.91 Å². The summed E-state index contributed by atoms with van der Waals surface area (Å²) in [6.45, 7) is 2.73. The maximum absolute atomic E-state index is 12.2. The molecule has 4 nitrogen and oxygen atoms in total. The fourth-order valence-corrected chi connectivity index (χ4v) is 2.44. The van der Waals surface area contributed by atoms with E-state index in [1.54, 1.807) is 32.4 Å². The molecule has 0 radical (unpaired) electrons. The van der Waals surface area contributed by atoms with Gasteiger partial charge in [0, 0.05) is 12.1 Å². The van der Waals surface area contributed by atoms with Crippen LogP contribution in [0.1, 0.15) is 27.9 Å². The molecule has 0 unspecified atom stereocenters. The van der Waals surface area contributed by atoms with Gasteiger partial charge in [0.2, 0.25) is 0 Å². The Morgan fingerprint density at radius 2 is 1.83 bits per heavy atom. The molecule has 0 fully saturated rings. The molecule has 23 heavy (non-hydrogen) atoms. The number of amides is 1. The number of carbonyl (C=O) groups is 1. The summed E-state index contributed by atoms with van der Waals surface area (Å²) in [5.74, 6) is 1.07. The summed E-state index contributed by atoms with van der Waals surface area (Å²) in [6, 6.07) is 13.6. The maximum atomic E-state index is 12.2. The van der Waals surface area contributed by atoms with E-state index in [4.69, 9.17) is 9.47 Å². The molecule has 0 saturated heterocycles. The first-order valence-corrected chi connectivity index (χ1v) is 7.70. The molecular weight excluding hydrogens is 290 g/mol. The molecule has 4 heteroatoms. The van der Waals surface area contributed by atoms with Crippen LogP contribution in [0, 0.1) is 6.92 Å². The van der Waals surface area contributed by atoms with Crippen LogP contribution in [0.15, 0.2) is 42.5 Å². The molecule has 0 aromatic heterocycles. The van der Waals surface area contributed by atoms with E-state index in [0.29, 0.717) is 23.6 Å². The van der Waals surface area contributed by atoms with E-state index in [2.05, 4.69) is 36.5 Å². The van der Waals surface area contributed by atoms with E-state index in [1.165, 1.54) is 11.1 Å². The normalized spacial score (nSPS) is 10.2. The van der Waals surface area contributed by atoms with Gasteiger partial charge in [0.15, 0.2) is 11.5 Å². The summed E-state index contributed by atoms with van der Waals surface area (Å²) in [5, 5.41) is 2.94. The number of carbonyl (C=O) groups excluding carboxylic acids is 1. The second-order valence-electron chi connectivity index (χ2n) is 5.42. The number of methoxy groups -OCH3 is 2. The van der Waals surface area contributed by atoms with Crippen molar-refractivity contribution in [3.63, 3.8) is 0 Å². The van der Waals surface area contributed by atoms with Gasteiger partial charge in [-0.2, -0.15) is 0 Å². The zero-order chi connectivity index (χ0) is 16.7. The molecule has 0 aliphatic carbocycles. The predicted molar refractivity (Wildman–Crippen MR) is 91.4 cm³/mol. The van der Waals surface area contributed by atoms with Crippen molar-refractivity contribution in [1.82, 2.24) is 5.32 Å². The Bertz CT molecular complexity index is 667. The van der Waals surface area contributed by atoms with Gasteiger partial charge >= 0.3 is 0 Å². The van der Waals surface area contributed by atoms with Gasteiger partial charge in [-0.15, -0.1) is 0 Å². The fourth-order valence-electron chi connectivity index (χ4n) is 2.44. The van der Waals surface area contributed by atoms with E-state index in [0.717, 1.165) is 12.8 Å². The van der Waals surface area contributed by atoms with Crippen LogP contribution in [0.4, 0.5) is 0 Å². The average Bonchev–Trinajstić information content (AvgIpc) is 2.58. The van der Waals surface area contributed by atoms with Crippen molar-refractivity contribution < 1.29 is 14.3 Å². The topological polar surface area (TPSA) is 47.6 Å². The minimum absolute atomic E-state index is 0.102. The molecule has 0 heterocycles. The number of hydrogen-bond donors (Lipinski definition) is 1. The summed E-state index contributed by atoms with van der Waals surface area (Å²) in [7, 11) is 3.13. The SMILES string of the molecule is COc1ccc(C(=O)NCCCc2cccc(C)c2)cc1OC. The number of hydrogen-bond acceptors (Lipinski definition) is 3. The van der Waals surface area contributed by atoms with Crippen LogP contribution in [0.3, 0.4) is 0 Å². The Balaban J connectivity index is 1.85. The van der Waals surface area contributed by atoms with Crippen molar-refractivity contribution in [2.75, 3.05) is 20.8 Å². The minimum atomic E-state index is -0.102. The van der Waals surface area contributed by atoms with Crippen LogP contribution < -0.4 is 14.8 Å². The van der Waals surface area contributed by atoms with E-state index in [-0.39, 0.29) is 5.91 Å². The van der Waals surface area contributed by atoms with Crippen LogP contribution in [-0.2, 0) is 6.42 Å².